The first kappa shape index (κ1) is 14.3. The normalized spacial score (nSPS) is 11.2. The highest BCUT2D eigenvalue weighted by atomic mass is 16.5. The molecule has 0 aliphatic carbocycles. The highest BCUT2D eigenvalue weighted by Gasteiger charge is 2.07. The lowest BCUT2D eigenvalue weighted by Crippen LogP contribution is -2.32. The number of para-hydroxylation sites is 1. The van der Waals surface area contributed by atoms with Gasteiger partial charge in [-0.3, -0.25) is 0 Å². The van der Waals surface area contributed by atoms with Crippen LogP contribution in [0.1, 0.15) is 18.2 Å². The SMILES string of the molecule is CCOc1ccc(/C=C/c2ccc3ccccc3[n+]2C)cc1. The van der Waals surface area contributed by atoms with Gasteiger partial charge >= 0.3 is 0 Å². The number of benzene rings is 2. The second-order valence-corrected chi connectivity index (χ2v) is 5.21. The molecule has 110 valence electrons. The monoisotopic (exact) mass is 290 g/mol. The highest BCUT2D eigenvalue weighted by Crippen LogP contribution is 2.15. The zero-order chi connectivity index (χ0) is 15.4. The van der Waals surface area contributed by atoms with Gasteiger partial charge in [0.05, 0.1) is 6.61 Å². The van der Waals surface area contributed by atoms with Gasteiger partial charge in [0.2, 0.25) is 11.2 Å². The first-order valence-corrected chi connectivity index (χ1v) is 7.56. The molecule has 1 aromatic heterocycles. The predicted molar refractivity (Wildman–Crippen MR) is 91.7 cm³/mol. The maximum absolute atomic E-state index is 5.46. The van der Waals surface area contributed by atoms with Crippen LogP contribution in [0.5, 0.6) is 5.75 Å². The van der Waals surface area contributed by atoms with Crippen molar-refractivity contribution in [1.29, 1.82) is 0 Å². The van der Waals surface area contributed by atoms with Gasteiger partial charge in [0.1, 0.15) is 12.8 Å². The maximum Gasteiger partial charge on any atom is 0.212 e. The zero-order valence-electron chi connectivity index (χ0n) is 13.0. The third-order valence-electron chi connectivity index (χ3n) is 3.76. The van der Waals surface area contributed by atoms with E-state index in [1.807, 2.05) is 19.1 Å². The van der Waals surface area contributed by atoms with Crippen molar-refractivity contribution >= 4 is 23.1 Å². The number of pyridine rings is 1. The lowest BCUT2D eigenvalue weighted by atomic mass is 10.1. The number of aromatic nitrogens is 1. The quantitative estimate of drug-likeness (QED) is 0.655. The van der Waals surface area contributed by atoms with Gasteiger partial charge < -0.3 is 4.74 Å². The summed E-state index contributed by atoms with van der Waals surface area (Å²) >= 11 is 0. The summed E-state index contributed by atoms with van der Waals surface area (Å²) in [4.78, 5) is 0. The zero-order valence-corrected chi connectivity index (χ0v) is 13.0. The molecule has 0 aliphatic heterocycles. The van der Waals surface area contributed by atoms with E-state index in [1.54, 1.807) is 0 Å². The Kier molecular flexibility index (Phi) is 4.19. The van der Waals surface area contributed by atoms with Crippen molar-refractivity contribution < 1.29 is 9.30 Å². The topological polar surface area (TPSA) is 13.1 Å². The fourth-order valence-corrected chi connectivity index (χ4v) is 2.55. The molecule has 0 fully saturated rings. The summed E-state index contributed by atoms with van der Waals surface area (Å²) in [5, 5.41) is 1.25. The minimum atomic E-state index is 0.697. The Hall–Kier alpha value is -2.61. The second-order valence-electron chi connectivity index (χ2n) is 5.21. The van der Waals surface area contributed by atoms with E-state index in [-0.39, 0.29) is 0 Å². The Balaban J connectivity index is 1.87. The predicted octanol–water partition coefficient (Wildman–Crippen LogP) is 4.23. The van der Waals surface area contributed by atoms with Gasteiger partial charge in [0.25, 0.3) is 0 Å². The van der Waals surface area contributed by atoms with Crippen molar-refractivity contribution in [3.8, 4) is 5.75 Å². The van der Waals surface area contributed by atoms with E-state index in [4.69, 9.17) is 4.74 Å². The Labute approximate surface area is 131 Å². The fourth-order valence-electron chi connectivity index (χ4n) is 2.55. The van der Waals surface area contributed by atoms with Crippen molar-refractivity contribution in [3.63, 3.8) is 0 Å². The molecule has 2 aromatic carbocycles. The number of fused-ring (bicyclic) bond motifs is 1. The number of ether oxygens (including phenoxy) is 1. The third-order valence-corrected chi connectivity index (χ3v) is 3.76. The molecule has 2 nitrogen and oxygen atoms in total. The van der Waals surface area contributed by atoms with E-state index in [1.165, 1.54) is 16.6 Å². The summed E-state index contributed by atoms with van der Waals surface area (Å²) in [5.74, 6) is 0.913. The molecule has 0 amide bonds. The molecule has 3 rings (SSSR count). The molecule has 0 spiro atoms. The number of hydrogen-bond acceptors (Lipinski definition) is 1. The first-order chi connectivity index (χ1) is 10.8. The highest BCUT2D eigenvalue weighted by molar-refractivity contribution is 5.77. The van der Waals surface area contributed by atoms with Crippen LogP contribution in [0.4, 0.5) is 0 Å². The van der Waals surface area contributed by atoms with Gasteiger partial charge in [-0.1, -0.05) is 24.3 Å². The Bertz CT molecular complexity index is 804. The number of hydrogen-bond donors (Lipinski definition) is 0. The van der Waals surface area contributed by atoms with Crippen molar-refractivity contribution in [2.24, 2.45) is 7.05 Å². The molecule has 0 unspecified atom stereocenters. The van der Waals surface area contributed by atoms with Gasteiger partial charge in [-0.15, -0.1) is 0 Å². The molecule has 2 heteroatoms. The Morgan fingerprint density at radius 2 is 1.68 bits per heavy atom. The molecule has 0 radical (unpaired) electrons. The van der Waals surface area contributed by atoms with E-state index in [2.05, 4.69) is 72.3 Å². The minimum Gasteiger partial charge on any atom is -0.494 e. The Morgan fingerprint density at radius 3 is 2.45 bits per heavy atom. The van der Waals surface area contributed by atoms with Crippen molar-refractivity contribution in [2.45, 2.75) is 6.92 Å². The molecule has 22 heavy (non-hydrogen) atoms. The summed E-state index contributed by atoms with van der Waals surface area (Å²) < 4.78 is 7.67. The molecule has 0 N–H and O–H groups in total. The van der Waals surface area contributed by atoms with Gasteiger partial charge in [0.15, 0.2) is 0 Å². The molecular weight excluding hydrogens is 270 g/mol. The van der Waals surface area contributed by atoms with Crippen LogP contribution >= 0.6 is 0 Å². The third kappa shape index (κ3) is 3.01. The van der Waals surface area contributed by atoms with Gasteiger partial charge in [0, 0.05) is 23.6 Å². The van der Waals surface area contributed by atoms with Crippen LogP contribution in [0, 0.1) is 0 Å². The van der Waals surface area contributed by atoms with E-state index in [0.717, 1.165) is 11.3 Å². The second kappa shape index (κ2) is 6.44. The van der Waals surface area contributed by atoms with Crippen LogP contribution in [0.25, 0.3) is 23.1 Å². The average molecular weight is 290 g/mol. The smallest absolute Gasteiger partial charge is 0.212 e. The minimum absolute atomic E-state index is 0.697. The molecule has 0 bridgehead atoms. The summed E-state index contributed by atoms with van der Waals surface area (Å²) in [7, 11) is 2.10. The number of nitrogens with zero attached hydrogens (tertiary/aromatic N) is 1. The van der Waals surface area contributed by atoms with Crippen LogP contribution in [0.2, 0.25) is 0 Å². The first-order valence-electron chi connectivity index (χ1n) is 7.56. The Morgan fingerprint density at radius 1 is 0.909 bits per heavy atom. The molecular formula is C20H20NO+. The van der Waals surface area contributed by atoms with Crippen LogP contribution in [0.3, 0.4) is 0 Å². The van der Waals surface area contributed by atoms with Crippen molar-refractivity contribution in [2.75, 3.05) is 6.61 Å². The summed E-state index contributed by atoms with van der Waals surface area (Å²) in [6.07, 6.45) is 4.27. The summed E-state index contributed by atoms with van der Waals surface area (Å²) in [5.41, 5.74) is 3.57. The molecule has 0 aliphatic rings. The van der Waals surface area contributed by atoms with Crippen LogP contribution < -0.4 is 9.30 Å². The fraction of sp³-hybridized carbons (Fsp3) is 0.150. The van der Waals surface area contributed by atoms with Crippen LogP contribution in [-0.2, 0) is 7.05 Å². The summed E-state index contributed by atoms with van der Waals surface area (Å²) in [6.45, 7) is 2.69. The van der Waals surface area contributed by atoms with E-state index < -0.39 is 0 Å². The van der Waals surface area contributed by atoms with Crippen molar-refractivity contribution in [1.82, 2.24) is 0 Å². The van der Waals surface area contributed by atoms with E-state index in [0.29, 0.717) is 6.61 Å². The molecule has 0 atom stereocenters. The lowest BCUT2D eigenvalue weighted by Gasteiger charge is -2.02. The van der Waals surface area contributed by atoms with Gasteiger partial charge in [-0.25, -0.2) is 0 Å². The largest absolute Gasteiger partial charge is 0.494 e. The lowest BCUT2D eigenvalue weighted by molar-refractivity contribution is -0.646. The average Bonchev–Trinajstić information content (AvgIpc) is 2.56. The van der Waals surface area contributed by atoms with Crippen LogP contribution in [0.15, 0.2) is 60.7 Å². The molecule has 3 aromatic rings. The van der Waals surface area contributed by atoms with E-state index in [9.17, 15) is 0 Å². The van der Waals surface area contributed by atoms with Gasteiger partial charge in [-0.05, 0) is 42.8 Å². The number of rotatable bonds is 4. The summed E-state index contributed by atoms with van der Waals surface area (Å²) in [6, 6.07) is 20.9. The van der Waals surface area contributed by atoms with Gasteiger partial charge in [-0.2, -0.15) is 4.57 Å². The van der Waals surface area contributed by atoms with Crippen molar-refractivity contribution in [3.05, 3.63) is 71.9 Å². The molecule has 1 heterocycles. The molecule has 0 saturated carbocycles. The van der Waals surface area contributed by atoms with E-state index >= 15 is 0 Å². The number of aryl methyl sites for hydroxylation is 1. The standard InChI is InChI=1S/C20H20NO/c1-3-22-19-14-9-16(10-15-19)8-12-18-13-11-17-6-4-5-7-20(17)21(18)2/h4-15H,3H2,1-2H3/q+1/b12-8+. The van der Waals surface area contributed by atoms with Crippen LogP contribution in [-0.4, -0.2) is 6.61 Å². The molecule has 0 saturated heterocycles. The maximum atomic E-state index is 5.46.